The first-order valence-corrected chi connectivity index (χ1v) is 6.79. The van der Waals surface area contributed by atoms with Gasteiger partial charge in [-0.05, 0) is 23.8 Å². The first-order valence-electron chi connectivity index (χ1n) is 6.79. The Morgan fingerprint density at radius 2 is 1.95 bits per heavy atom. The second-order valence-electron chi connectivity index (χ2n) is 4.72. The summed E-state index contributed by atoms with van der Waals surface area (Å²) in [5, 5.41) is 1.24. The Balaban J connectivity index is 2.59. The number of fused-ring (bicyclic) bond motifs is 1. The molecule has 0 heterocycles. The first kappa shape index (κ1) is 16.2. The van der Waals surface area contributed by atoms with Crippen LogP contribution in [0.25, 0.3) is 10.8 Å². The molecular weight excluding hydrogens is 292 g/mol. The van der Waals surface area contributed by atoms with Crippen LogP contribution >= 0.6 is 0 Å². The molecule has 0 saturated heterocycles. The smallest absolute Gasteiger partial charge is 0.379 e. The van der Waals surface area contributed by atoms with Gasteiger partial charge in [0, 0.05) is 5.56 Å². The van der Waals surface area contributed by atoms with Crippen LogP contribution in [0.4, 0.5) is 8.78 Å². The molecule has 2 aromatic rings. The van der Waals surface area contributed by atoms with Gasteiger partial charge in [-0.2, -0.15) is 8.78 Å². The third-order valence-corrected chi connectivity index (χ3v) is 3.40. The van der Waals surface area contributed by atoms with E-state index in [1.165, 1.54) is 14.0 Å². The molecule has 0 bridgehead atoms. The maximum atomic E-state index is 14.3. The summed E-state index contributed by atoms with van der Waals surface area (Å²) in [7, 11) is 1.36. The van der Waals surface area contributed by atoms with Crippen LogP contribution < -0.4 is 10.5 Å². The lowest BCUT2D eigenvalue weighted by Gasteiger charge is -2.24. The van der Waals surface area contributed by atoms with Gasteiger partial charge in [0.25, 0.3) is 0 Å². The molecule has 0 aromatic heterocycles. The summed E-state index contributed by atoms with van der Waals surface area (Å²) in [5.74, 6) is -5.29. The highest BCUT2D eigenvalue weighted by Crippen LogP contribution is 2.39. The van der Waals surface area contributed by atoms with Crippen molar-refractivity contribution in [2.45, 2.75) is 18.9 Å². The van der Waals surface area contributed by atoms with Crippen molar-refractivity contribution in [3.63, 3.8) is 0 Å². The van der Waals surface area contributed by atoms with Gasteiger partial charge in [0.2, 0.25) is 0 Å². The molecule has 0 aliphatic carbocycles. The normalized spacial score (nSPS) is 13.0. The number of halogens is 2. The van der Waals surface area contributed by atoms with E-state index in [9.17, 15) is 13.6 Å². The topological polar surface area (TPSA) is 61.5 Å². The number of esters is 1. The third-order valence-electron chi connectivity index (χ3n) is 3.40. The van der Waals surface area contributed by atoms with Crippen molar-refractivity contribution in [3.8, 4) is 5.75 Å². The van der Waals surface area contributed by atoms with Gasteiger partial charge in [-0.15, -0.1) is 0 Å². The Morgan fingerprint density at radius 1 is 1.27 bits per heavy atom. The van der Waals surface area contributed by atoms with E-state index in [1.54, 1.807) is 36.4 Å². The number of rotatable bonds is 5. The first-order chi connectivity index (χ1) is 10.4. The Bertz CT molecular complexity index is 688. The van der Waals surface area contributed by atoms with E-state index < -0.39 is 17.9 Å². The largest absolute Gasteiger partial charge is 0.496 e. The lowest BCUT2D eigenvalue weighted by molar-refractivity contribution is -0.174. The molecule has 118 valence electrons. The lowest BCUT2D eigenvalue weighted by atomic mass is 9.94. The number of hydrogen-bond acceptors (Lipinski definition) is 4. The van der Waals surface area contributed by atoms with Crippen LogP contribution in [0.1, 0.15) is 18.5 Å². The molecule has 22 heavy (non-hydrogen) atoms. The molecule has 2 N–H and O–H groups in total. The van der Waals surface area contributed by atoms with Gasteiger partial charge < -0.3 is 15.2 Å². The van der Waals surface area contributed by atoms with Crippen molar-refractivity contribution in [1.29, 1.82) is 0 Å². The SMILES string of the molecule is CCOC(=O)C(F)(F)[C@H](N)c1c(OC)ccc2ccccc12. The molecule has 0 amide bonds. The number of nitrogens with two attached hydrogens (primary N) is 1. The van der Waals surface area contributed by atoms with Gasteiger partial charge >= 0.3 is 11.9 Å². The van der Waals surface area contributed by atoms with Gasteiger partial charge in [0.05, 0.1) is 13.7 Å². The van der Waals surface area contributed by atoms with Crippen molar-refractivity contribution in [2.24, 2.45) is 5.73 Å². The van der Waals surface area contributed by atoms with E-state index in [0.29, 0.717) is 5.39 Å². The van der Waals surface area contributed by atoms with E-state index >= 15 is 0 Å². The van der Waals surface area contributed by atoms with Crippen LogP contribution in [0.5, 0.6) is 5.75 Å². The second kappa shape index (κ2) is 6.27. The molecule has 1 atom stereocenters. The Labute approximate surface area is 126 Å². The fourth-order valence-corrected chi connectivity index (χ4v) is 2.31. The van der Waals surface area contributed by atoms with Crippen LogP contribution in [-0.4, -0.2) is 25.6 Å². The zero-order valence-corrected chi connectivity index (χ0v) is 12.3. The number of carbonyl (C=O) groups is 1. The van der Waals surface area contributed by atoms with Gasteiger partial charge in [-0.1, -0.05) is 30.3 Å². The molecule has 0 radical (unpaired) electrons. The summed E-state index contributed by atoms with van der Waals surface area (Å²) in [6, 6.07) is 8.36. The summed E-state index contributed by atoms with van der Waals surface area (Å²) in [6.07, 6.45) is 0. The molecule has 0 aliphatic rings. The van der Waals surface area contributed by atoms with Crippen molar-refractivity contribution in [2.75, 3.05) is 13.7 Å². The standard InChI is InChI=1S/C16H17F2NO3/c1-3-22-15(20)16(17,18)14(19)13-11-7-5-4-6-10(11)8-9-12(13)21-2/h4-9,14H,3,19H2,1-2H3/t14-/m1/s1. The molecule has 0 unspecified atom stereocenters. The highest BCUT2D eigenvalue weighted by molar-refractivity contribution is 5.90. The van der Waals surface area contributed by atoms with Gasteiger partial charge in [0.15, 0.2) is 0 Å². The number of methoxy groups -OCH3 is 1. The van der Waals surface area contributed by atoms with E-state index in [2.05, 4.69) is 4.74 Å². The number of hydrogen-bond donors (Lipinski definition) is 1. The predicted octanol–water partition coefficient (Wildman–Crippen LogP) is 3.05. The van der Waals surface area contributed by atoms with E-state index in [-0.39, 0.29) is 17.9 Å². The number of benzene rings is 2. The Morgan fingerprint density at radius 3 is 2.59 bits per heavy atom. The minimum Gasteiger partial charge on any atom is -0.496 e. The van der Waals surface area contributed by atoms with Gasteiger partial charge in [-0.3, -0.25) is 0 Å². The minimum atomic E-state index is -3.85. The fraction of sp³-hybridized carbons (Fsp3) is 0.312. The van der Waals surface area contributed by atoms with Crippen LogP contribution in [0.2, 0.25) is 0 Å². The molecule has 0 aliphatic heterocycles. The zero-order chi connectivity index (χ0) is 16.3. The van der Waals surface area contributed by atoms with Crippen LogP contribution in [0, 0.1) is 0 Å². The van der Waals surface area contributed by atoms with E-state index in [0.717, 1.165) is 5.39 Å². The van der Waals surface area contributed by atoms with Gasteiger partial charge in [-0.25, -0.2) is 4.79 Å². The maximum Gasteiger partial charge on any atom is 0.379 e. The van der Waals surface area contributed by atoms with Crippen LogP contribution in [-0.2, 0) is 9.53 Å². The molecule has 4 nitrogen and oxygen atoms in total. The monoisotopic (exact) mass is 309 g/mol. The summed E-state index contributed by atoms with van der Waals surface area (Å²) >= 11 is 0. The molecule has 6 heteroatoms. The summed E-state index contributed by atoms with van der Waals surface area (Å²) in [6.45, 7) is 1.31. The average Bonchev–Trinajstić information content (AvgIpc) is 2.53. The number of alkyl halides is 2. The third kappa shape index (κ3) is 2.74. The lowest BCUT2D eigenvalue weighted by Crippen LogP contribution is -2.42. The quantitative estimate of drug-likeness (QED) is 0.862. The molecular formula is C16H17F2NO3. The summed E-state index contributed by atoms with van der Waals surface area (Å²) in [4.78, 5) is 11.5. The summed E-state index contributed by atoms with van der Waals surface area (Å²) < 4.78 is 38.1. The molecule has 0 fully saturated rings. The average molecular weight is 309 g/mol. The Hall–Kier alpha value is -2.21. The van der Waals surface area contributed by atoms with Crippen molar-refractivity contribution in [3.05, 3.63) is 42.0 Å². The van der Waals surface area contributed by atoms with Crippen molar-refractivity contribution in [1.82, 2.24) is 0 Å². The Kier molecular flexibility index (Phi) is 4.61. The zero-order valence-electron chi connectivity index (χ0n) is 12.3. The summed E-state index contributed by atoms with van der Waals surface area (Å²) in [5.41, 5.74) is 5.80. The van der Waals surface area contributed by atoms with E-state index in [1.807, 2.05) is 0 Å². The van der Waals surface area contributed by atoms with Gasteiger partial charge in [0.1, 0.15) is 11.8 Å². The highest BCUT2D eigenvalue weighted by Gasteiger charge is 2.49. The number of ether oxygens (including phenoxy) is 2. The van der Waals surface area contributed by atoms with Crippen LogP contribution in [0.15, 0.2) is 36.4 Å². The highest BCUT2D eigenvalue weighted by atomic mass is 19.3. The minimum absolute atomic E-state index is 0.0821. The predicted molar refractivity (Wildman–Crippen MR) is 79.0 cm³/mol. The maximum absolute atomic E-state index is 14.3. The molecule has 2 aromatic carbocycles. The number of carbonyl (C=O) groups excluding carboxylic acids is 1. The van der Waals surface area contributed by atoms with E-state index in [4.69, 9.17) is 10.5 Å². The molecule has 2 rings (SSSR count). The second-order valence-corrected chi connectivity index (χ2v) is 4.72. The van der Waals surface area contributed by atoms with Crippen LogP contribution in [0.3, 0.4) is 0 Å². The fourth-order valence-electron chi connectivity index (χ4n) is 2.31. The molecule has 0 saturated carbocycles. The molecule has 0 spiro atoms. The van der Waals surface area contributed by atoms with Crippen molar-refractivity contribution >= 4 is 16.7 Å². The van der Waals surface area contributed by atoms with Crippen molar-refractivity contribution < 1.29 is 23.0 Å².